The highest BCUT2D eigenvalue weighted by atomic mass is 35.5. The van der Waals surface area contributed by atoms with Crippen molar-refractivity contribution in [2.45, 2.75) is 12.8 Å². The van der Waals surface area contributed by atoms with Gasteiger partial charge in [-0.3, -0.25) is 0 Å². The lowest BCUT2D eigenvalue weighted by molar-refractivity contribution is -0.130. The maximum atomic E-state index is 12.1. The summed E-state index contributed by atoms with van der Waals surface area (Å²) in [6, 6.07) is 12.9. The molecule has 0 amide bonds. The molecule has 0 aromatic heterocycles. The Morgan fingerprint density at radius 3 is 2.54 bits per heavy atom. The Morgan fingerprint density at radius 2 is 1.85 bits per heavy atom. The van der Waals surface area contributed by atoms with Crippen LogP contribution in [0.3, 0.4) is 0 Å². The molecule has 0 spiro atoms. The number of benzene rings is 2. The molecule has 3 rings (SSSR count). The van der Waals surface area contributed by atoms with Gasteiger partial charge in [-0.05, 0) is 42.3 Å². The van der Waals surface area contributed by atoms with Crippen molar-refractivity contribution in [1.82, 2.24) is 0 Å². The van der Waals surface area contributed by atoms with Crippen molar-refractivity contribution in [1.29, 1.82) is 0 Å². The van der Waals surface area contributed by atoms with Crippen LogP contribution in [-0.2, 0) is 16.0 Å². The van der Waals surface area contributed by atoms with E-state index >= 15 is 0 Å². The Hall–Kier alpha value is -2.79. The topological polar surface area (TPSA) is 57.1 Å². The van der Waals surface area contributed by atoms with Crippen LogP contribution >= 0.6 is 11.6 Å². The van der Waals surface area contributed by atoms with Gasteiger partial charge in [0.15, 0.2) is 11.6 Å². The summed E-state index contributed by atoms with van der Waals surface area (Å²) in [5.41, 5.74) is 2.07. The predicted octanol–water partition coefficient (Wildman–Crippen LogP) is 4.29. The number of methoxy groups -OCH3 is 2. The fourth-order valence-electron chi connectivity index (χ4n) is 2.55. The van der Waals surface area contributed by atoms with Gasteiger partial charge >= 0.3 is 5.97 Å². The first kappa shape index (κ1) is 18.0. The number of cyclic esters (lactones) is 1. The minimum atomic E-state index is -0.464. The summed E-state index contributed by atoms with van der Waals surface area (Å²) in [6.07, 6.45) is 2.89. The number of hydrogen-bond acceptors (Lipinski definition) is 5. The number of carbonyl (C=O) groups excluding carboxylic acids is 1. The number of nitrogens with zero attached hydrogens (tertiary/aromatic N) is 1. The van der Waals surface area contributed by atoms with E-state index in [1.807, 2.05) is 24.3 Å². The first-order valence-corrected chi connectivity index (χ1v) is 8.45. The summed E-state index contributed by atoms with van der Waals surface area (Å²) in [5.74, 6) is 1.21. The molecule has 0 saturated heterocycles. The van der Waals surface area contributed by atoms with Crippen molar-refractivity contribution < 1.29 is 19.0 Å². The quantitative estimate of drug-likeness (QED) is 0.561. The van der Waals surface area contributed by atoms with Crippen LogP contribution in [0.15, 0.2) is 53.2 Å². The molecule has 134 valence electrons. The van der Waals surface area contributed by atoms with Crippen molar-refractivity contribution in [2.24, 2.45) is 4.99 Å². The van der Waals surface area contributed by atoms with E-state index in [0.717, 1.165) is 11.1 Å². The lowest BCUT2D eigenvalue weighted by atomic mass is 10.1. The Labute approximate surface area is 156 Å². The first-order chi connectivity index (χ1) is 12.6. The van der Waals surface area contributed by atoms with E-state index in [-0.39, 0.29) is 5.70 Å². The summed E-state index contributed by atoms with van der Waals surface area (Å²) >= 11 is 5.88. The summed E-state index contributed by atoms with van der Waals surface area (Å²) < 4.78 is 15.8. The number of rotatable bonds is 6. The number of aryl methyl sites for hydroxylation is 1. The molecular formula is C20H18ClNO4. The summed E-state index contributed by atoms with van der Waals surface area (Å²) in [4.78, 5) is 16.4. The molecule has 0 aliphatic carbocycles. The van der Waals surface area contributed by atoms with Crippen molar-refractivity contribution in [3.63, 3.8) is 0 Å². The van der Waals surface area contributed by atoms with Crippen LogP contribution in [0.2, 0.25) is 5.02 Å². The average Bonchev–Trinajstić information content (AvgIpc) is 3.01. The third kappa shape index (κ3) is 4.24. The van der Waals surface area contributed by atoms with Crippen molar-refractivity contribution in [3.8, 4) is 11.5 Å². The van der Waals surface area contributed by atoms with Gasteiger partial charge in [0.25, 0.3) is 0 Å². The smallest absolute Gasteiger partial charge is 0.363 e. The second-order valence-corrected chi connectivity index (χ2v) is 6.10. The highest BCUT2D eigenvalue weighted by molar-refractivity contribution is 6.30. The molecule has 0 radical (unpaired) electrons. The number of esters is 1. The van der Waals surface area contributed by atoms with E-state index < -0.39 is 5.97 Å². The normalized spacial score (nSPS) is 15.0. The van der Waals surface area contributed by atoms with Gasteiger partial charge in [-0.25, -0.2) is 9.79 Å². The average molecular weight is 372 g/mol. The summed E-state index contributed by atoms with van der Waals surface area (Å²) in [7, 11) is 3.14. The van der Waals surface area contributed by atoms with Crippen LogP contribution in [0.1, 0.15) is 17.5 Å². The maximum Gasteiger partial charge on any atom is 0.363 e. The third-order valence-corrected chi connectivity index (χ3v) is 4.19. The summed E-state index contributed by atoms with van der Waals surface area (Å²) in [5, 5.41) is 0.692. The number of hydrogen-bond donors (Lipinski definition) is 0. The molecule has 6 heteroatoms. The lowest BCUT2D eigenvalue weighted by Gasteiger charge is -2.07. The van der Waals surface area contributed by atoms with E-state index in [4.69, 9.17) is 25.8 Å². The molecule has 5 nitrogen and oxygen atoms in total. The fourth-order valence-corrected chi connectivity index (χ4v) is 2.67. The number of halogens is 1. The molecule has 1 heterocycles. The van der Waals surface area contributed by atoms with Gasteiger partial charge < -0.3 is 14.2 Å². The molecular weight excluding hydrogens is 354 g/mol. The Balaban J connectivity index is 1.75. The Bertz CT molecular complexity index is 872. The molecule has 1 aliphatic rings. The van der Waals surface area contributed by atoms with E-state index in [2.05, 4.69) is 4.99 Å². The van der Waals surface area contributed by atoms with E-state index in [1.54, 1.807) is 38.5 Å². The predicted molar refractivity (Wildman–Crippen MR) is 101 cm³/mol. The minimum absolute atomic E-state index is 0.250. The zero-order valence-electron chi connectivity index (χ0n) is 14.5. The second-order valence-electron chi connectivity index (χ2n) is 5.66. The van der Waals surface area contributed by atoms with Crippen molar-refractivity contribution >= 4 is 29.5 Å². The minimum Gasteiger partial charge on any atom is -0.497 e. The van der Waals surface area contributed by atoms with Crippen molar-refractivity contribution in [3.05, 3.63) is 64.3 Å². The molecule has 2 aromatic rings. The SMILES string of the molecule is COc1ccc(/C=C2/N=C(CCc3ccc(Cl)cc3)OC2=O)c(OC)c1. The van der Waals surface area contributed by atoms with Crippen LogP contribution in [0.5, 0.6) is 11.5 Å². The molecule has 0 fully saturated rings. The first-order valence-electron chi connectivity index (χ1n) is 8.07. The van der Waals surface area contributed by atoms with Crippen molar-refractivity contribution in [2.75, 3.05) is 14.2 Å². The molecule has 1 aliphatic heterocycles. The number of aliphatic imine (C=N–C) groups is 1. The monoisotopic (exact) mass is 371 g/mol. The Kier molecular flexibility index (Phi) is 5.58. The second kappa shape index (κ2) is 8.06. The maximum absolute atomic E-state index is 12.1. The van der Waals surface area contributed by atoms with Crippen LogP contribution in [0.25, 0.3) is 6.08 Å². The van der Waals surface area contributed by atoms with Gasteiger partial charge in [-0.2, -0.15) is 0 Å². The highest BCUT2D eigenvalue weighted by Gasteiger charge is 2.23. The zero-order chi connectivity index (χ0) is 18.5. The number of carbonyl (C=O) groups is 1. The molecule has 0 unspecified atom stereocenters. The van der Waals surface area contributed by atoms with Gasteiger partial charge in [-0.15, -0.1) is 0 Å². The largest absolute Gasteiger partial charge is 0.497 e. The zero-order valence-corrected chi connectivity index (χ0v) is 15.2. The lowest BCUT2D eigenvalue weighted by Crippen LogP contribution is -2.05. The van der Waals surface area contributed by atoms with Crippen LogP contribution in [0, 0.1) is 0 Å². The molecule has 0 bridgehead atoms. The molecule has 0 N–H and O–H groups in total. The highest BCUT2D eigenvalue weighted by Crippen LogP contribution is 2.28. The van der Waals surface area contributed by atoms with Gasteiger partial charge in [0.05, 0.1) is 14.2 Å². The number of ether oxygens (including phenoxy) is 3. The van der Waals surface area contributed by atoms with E-state index in [9.17, 15) is 4.79 Å². The molecule has 26 heavy (non-hydrogen) atoms. The van der Waals surface area contributed by atoms with Gasteiger partial charge in [-0.1, -0.05) is 23.7 Å². The fraction of sp³-hybridized carbons (Fsp3) is 0.200. The van der Waals surface area contributed by atoms with Gasteiger partial charge in [0, 0.05) is 23.1 Å². The van der Waals surface area contributed by atoms with Gasteiger partial charge in [0.2, 0.25) is 0 Å². The molecule has 0 atom stereocenters. The standard InChI is InChI=1S/C20H18ClNO4/c1-24-16-9-6-14(18(12-16)25-2)11-17-20(23)26-19(22-17)10-5-13-3-7-15(21)8-4-13/h3-4,6-9,11-12H,5,10H2,1-2H3/b17-11+. The van der Waals surface area contributed by atoms with Crippen LogP contribution in [0.4, 0.5) is 0 Å². The Morgan fingerprint density at radius 1 is 1.08 bits per heavy atom. The third-order valence-electron chi connectivity index (χ3n) is 3.94. The molecule has 0 saturated carbocycles. The van der Waals surface area contributed by atoms with Crippen LogP contribution < -0.4 is 9.47 Å². The van der Waals surface area contributed by atoms with E-state index in [1.165, 1.54) is 0 Å². The summed E-state index contributed by atoms with van der Waals surface area (Å²) in [6.45, 7) is 0. The van der Waals surface area contributed by atoms with Gasteiger partial charge in [0.1, 0.15) is 11.5 Å². The van der Waals surface area contributed by atoms with Crippen LogP contribution in [-0.4, -0.2) is 26.1 Å². The van der Waals surface area contributed by atoms with E-state index in [0.29, 0.717) is 35.3 Å². The molecule has 2 aromatic carbocycles.